The third-order valence-electron chi connectivity index (χ3n) is 3.86. The molecule has 106 valence electrons. The molecular weight excluding hydrogens is 258 g/mol. The van der Waals surface area contributed by atoms with E-state index in [0.717, 1.165) is 35.1 Å². The van der Waals surface area contributed by atoms with E-state index >= 15 is 0 Å². The van der Waals surface area contributed by atoms with Crippen LogP contribution in [0.5, 0.6) is 0 Å². The largest absolute Gasteiger partial charge is 0.348 e. The van der Waals surface area contributed by atoms with E-state index in [2.05, 4.69) is 42.7 Å². The fraction of sp³-hybridized carbons (Fsp3) is 0.714. The van der Waals surface area contributed by atoms with Crippen LogP contribution in [0.25, 0.3) is 0 Å². The van der Waals surface area contributed by atoms with Crippen molar-refractivity contribution < 1.29 is 4.79 Å². The Bertz CT molecular complexity index is 436. The summed E-state index contributed by atoms with van der Waals surface area (Å²) in [6.07, 6.45) is 3.28. The van der Waals surface area contributed by atoms with Crippen LogP contribution in [-0.4, -0.2) is 49.4 Å². The Morgan fingerprint density at radius 3 is 2.53 bits per heavy atom. The number of carbonyl (C=O) groups is 1. The number of carbonyl (C=O) groups excluding carboxylic acids is 1. The predicted octanol–water partition coefficient (Wildman–Crippen LogP) is 2.61. The van der Waals surface area contributed by atoms with Gasteiger partial charge in [-0.15, -0.1) is 0 Å². The number of hydrogen-bond acceptors (Lipinski definition) is 5. The van der Waals surface area contributed by atoms with E-state index < -0.39 is 0 Å². The number of thiazole rings is 1. The predicted molar refractivity (Wildman–Crippen MR) is 80.5 cm³/mol. The molecule has 5 heteroatoms. The molecule has 4 nitrogen and oxygen atoms in total. The fourth-order valence-electron chi connectivity index (χ4n) is 2.52. The number of rotatable bonds is 4. The smallest absolute Gasteiger partial charge is 0.186 e. The van der Waals surface area contributed by atoms with Gasteiger partial charge in [0.05, 0.1) is 10.6 Å². The van der Waals surface area contributed by atoms with E-state index in [9.17, 15) is 4.79 Å². The van der Waals surface area contributed by atoms with Crippen molar-refractivity contribution in [1.82, 2.24) is 9.88 Å². The maximum Gasteiger partial charge on any atom is 0.186 e. The molecular formula is C14H23N3OS. The van der Waals surface area contributed by atoms with Crippen molar-refractivity contribution in [3.05, 3.63) is 10.6 Å². The standard InChI is InChI=1S/C14H23N3OS/c1-10(2)13-12(9-18)19-14(15-13)17(4)11-5-7-16(3)8-6-11/h9-11H,5-8H2,1-4H3. The molecule has 0 radical (unpaired) electrons. The van der Waals surface area contributed by atoms with Crippen molar-refractivity contribution in [2.45, 2.75) is 38.6 Å². The molecule has 0 N–H and O–H groups in total. The van der Waals surface area contributed by atoms with E-state index in [1.807, 2.05) is 0 Å². The maximum atomic E-state index is 11.1. The molecule has 1 saturated heterocycles. The summed E-state index contributed by atoms with van der Waals surface area (Å²) in [7, 11) is 4.27. The molecule has 0 atom stereocenters. The third-order valence-corrected chi connectivity index (χ3v) is 4.95. The van der Waals surface area contributed by atoms with E-state index in [4.69, 9.17) is 0 Å². The van der Waals surface area contributed by atoms with Gasteiger partial charge in [0.25, 0.3) is 0 Å². The van der Waals surface area contributed by atoms with Crippen LogP contribution in [-0.2, 0) is 0 Å². The molecule has 0 bridgehead atoms. The van der Waals surface area contributed by atoms with Crippen molar-refractivity contribution in [3.8, 4) is 0 Å². The Balaban J connectivity index is 2.15. The third kappa shape index (κ3) is 3.15. The lowest BCUT2D eigenvalue weighted by Crippen LogP contribution is -2.41. The maximum absolute atomic E-state index is 11.1. The minimum atomic E-state index is 0.302. The second kappa shape index (κ2) is 6.01. The molecule has 0 aliphatic carbocycles. The molecule has 0 aromatic carbocycles. The zero-order valence-electron chi connectivity index (χ0n) is 12.2. The number of anilines is 1. The van der Waals surface area contributed by atoms with Gasteiger partial charge in [-0.1, -0.05) is 25.2 Å². The van der Waals surface area contributed by atoms with Crippen LogP contribution in [0.1, 0.15) is 48.0 Å². The first-order chi connectivity index (χ1) is 9.02. The van der Waals surface area contributed by atoms with Gasteiger partial charge in [0.1, 0.15) is 0 Å². The molecule has 1 aliphatic rings. The lowest BCUT2D eigenvalue weighted by molar-refractivity contribution is 0.112. The Morgan fingerprint density at radius 1 is 1.42 bits per heavy atom. The van der Waals surface area contributed by atoms with E-state index in [1.165, 1.54) is 24.2 Å². The topological polar surface area (TPSA) is 36.4 Å². The average molecular weight is 281 g/mol. The van der Waals surface area contributed by atoms with Gasteiger partial charge >= 0.3 is 0 Å². The lowest BCUT2D eigenvalue weighted by atomic mass is 10.0. The monoisotopic (exact) mass is 281 g/mol. The Kier molecular flexibility index (Phi) is 4.58. The summed E-state index contributed by atoms with van der Waals surface area (Å²) in [5, 5.41) is 0.986. The second-order valence-electron chi connectivity index (χ2n) is 5.66. The summed E-state index contributed by atoms with van der Waals surface area (Å²) in [6, 6.07) is 0.543. The normalized spacial score (nSPS) is 17.9. The SMILES string of the molecule is CC(C)c1nc(N(C)C2CCN(C)CC2)sc1C=O. The van der Waals surface area contributed by atoms with Crippen molar-refractivity contribution in [1.29, 1.82) is 0 Å². The van der Waals surface area contributed by atoms with Gasteiger partial charge in [-0.3, -0.25) is 4.79 Å². The minimum Gasteiger partial charge on any atom is -0.348 e. The number of aromatic nitrogens is 1. The first-order valence-electron chi connectivity index (χ1n) is 6.90. The van der Waals surface area contributed by atoms with Gasteiger partial charge < -0.3 is 9.80 Å². The Labute approximate surface area is 119 Å². The summed E-state index contributed by atoms with van der Waals surface area (Å²) < 4.78 is 0. The van der Waals surface area contributed by atoms with Crippen LogP contribution >= 0.6 is 11.3 Å². The highest BCUT2D eigenvalue weighted by atomic mass is 32.1. The summed E-state index contributed by atoms with van der Waals surface area (Å²) >= 11 is 1.52. The van der Waals surface area contributed by atoms with Gasteiger partial charge in [-0.25, -0.2) is 4.98 Å². The lowest BCUT2D eigenvalue weighted by Gasteiger charge is -2.34. The molecule has 1 aromatic heterocycles. The summed E-state index contributed by atoms with van der Waals surface area (Å²) in [5.74, 6) is 0.302. The van der Waals surface area contributed by atoms with E-state index in [0.29, 0.717) is 12.0 Å². The van der Waals surface area contributed by atoms with Crippen molar-refractivity contribution in [2.75, 3.05) is 32.1 Å². The summed E-state index contributed by atoms with van der Waals surface area (Å²) in [4.78, 5) is 21.2. The van der Waals surface area contributed by atoms with Crippen LogP contribution in [0.4, 0.5) is 5.13 Å². The average Bonchev–Trinajstić information content (AvgIpc) is 2.83. The first kappa shape index (κ1) is 14.5. The highest BCUT2D eigenvalue weighted by molar-refractivity contribution is 7.17. The van der Waals surface area contributed by atoms with Crippen molar-refractivity contribution >= 4 is 22.8 Å². The molecule has 0 amide bonds. The molecule has 0 spiro atoms. The summed E-state index contributed by atoms with van der Waals surface area (Å²) in [5.41, 5.74) is 0.940. The molecule has 1 aromatic rings. The van der Waals surface area contributed by atoms with Gasteiger partial charge in [-0.2, -0.15) is 0 Å². The number of likely N-dealkylation sites (tertiary alicyclic amines) is 1. The minimum absolute atomic E-state index is 0.302. The number of aldehydes is 1. The quantitative estimate of drug-likeness (QED) is 0.795. The van der Waals surface area contributed by atoms with Gasteiger partial charge in [0.2, 0.25) is 0 Å². The zero-order valence-corrected chi connectivity index (χ0v) is 13.0. The van der Waals surface area contributed by atoms with Crippen LogP contribution in [0.3, 0.4) is 0 Å². The van der Waals surface area contributed by atoms with E-state index in [-0.39, 0.29) is 0 Å². The molecule has 19 heavy (non-hydrogen) atoms. The van der Waals surface area contributed by atoms with Gasteiger partial charge in [0, 0.05) is 13.1 Å². The zero-order chi connectivity index (χ0) is 14.0. The highest BCUT2D eigenvalue weighted by Gasteiger charge is 2.24. The highest BCUT2D eigenvalue weighted by Crippen LogP contribution is 2.31. The van der Waals surface area contributed by atoms with Crippen LogP contribution in [0, 0.1) is 0 Å². The summed E-state index contributed by atoms with van der Waals surface area (Å²) in [6.45, 7) is 6.44. The molecule has 0 unspecified atom stereocenters. The van der Waals surface area contributed by atoms with Gasteiger partial charge in [-0.05, 0) is 38.9 Å². The molecule has 2 heterocycles. The second-order valence-corrected chi connectivity index (χ2v) is 6.67. The van der Waals surface area contributed by atoms with Crippen LogP contribution in [0.15, 0.2) is 0 Å². The Morgan fingerprint density at radius 2 is 2.05 bits per heavy atom. The van der Waals surface area contributed by atoms with E-state index in [1.54, 1.807) is 0 Å². The molecule has 1 aliphatic heterocycles. The van der Waals surface area contributed by atoms with Crippen molar-refractivity contribution in [3.63, 3.8) is 0 Å². The van der Waals surface area contributed by atoms with Gasteiger partial charge in [0.15, 0.2) is 11.4 Å². The molecule has 0 saturated carbocycles. The first-order valence-corrected chi connectivity index (χ1v) is 7.71. The Hall–Kier alpha value is -0.940. The molecule has 2 rings (SSSR count). The van der Waals surface area contributed by atoms with Crippen molar-refractivity contribution in [2.24, 2.45) is 0 Å². The van der Waals surface area contributed by atoms with Crippen LogP contribution < -0.4 is 4.90 Å². The number of hydrogen-bond donors (Lipinski definition) is 0. The number of nitrogens with zero attached hydrogens (tertiary/aromatic N) is 3. The molecule has 1 fully saturated rings. The van der Waals surface area contributed by atoms with Crippen LogP contribution in [0.2, 0.25) is 0 Å². The number of piperidine rings is 1. The fourth-order valence-corrected chi connectivity index (χ4v) is 3.59.